The molecule has 3 aliphatic heterocycles. The summed E-state index contributed by atoms with van der Waals surface area (Å²) < 4.78 is 14.0. The second-order valence-corrected chi connectivity index (χ2v) is 7.67. The average molecular weight is 403 g/mol. The van der Waals surface area contributed by atoms with Crippen LogP contribution in [0.5, 0.6) is 11.6 Å². The fraction of sp³-hybridized carbons (Fsp3) is 0.333. The Labute approximate surface area is 173 Å². The molecule has 3 aromatic rings. The highest BCUT2D eigenvalue weighted by Gasteiger charge is 2.35. The van der Waals surface area contributed by atoms with Crippen LogP contribution >= 0.6 is 0 Å². The largest absolute Gasteiger partial charge is 0.486 e. The summed E-state index contributed by atoms with van der Waals surface area (Å²) in [5.41, 5.74) is 9.62. The minimum atomic E-state index is -0.354. The molecule has 0 unspecified atom stereocenters. The van der Waals surface area contributed by atoms with Crippen molar-refractivity contribution < 1.29 is 9.47 Å². The number of nitrogens with two attached hydrogens (primary N) is 1. The summed E-state index contributed by atoms with van der Waals surface area (Å²) in [6.07, 6.45) is 1.21. The second kappa shape index (κ2) is 6.62. The number of nitrogens with zero attached hydrogens (tertiary/aromatic N) is 6. The number of rotatable bonds is 0. The number of fused-ring (bicyclic) bond motifs is 1. The Bertz CT molecular complexity index is 1190. The number of anilines is 2. The van der Waals surface area contributed by atoms with Crippen molar-refractivity contribution in [2.75, 3.05) is 23.7 Å². The Balaban J connectivity index is 1.69. The first-order chi connectivity index (χ1) is 14.4. The third-order valence-electron chi connectivity index (χ3n) is 5.49. The van der Waals surface area contributed by atoms with E-state index in [1.165, 1.54) is 0 Å². The van der Waals surface area contributed by atoms with Crippen molar-refractivity contribution in [1.82, 2.24) is 19.7 Å². The molecule has 0 spiro atoms. The fourth-order valence-electron chi connectivity index (χ4n) is 3.87. The van der Waals surface area contributed by atoms with Gasteiger partial charge in [0.25, 0.3) is 5.88 Å². The van der Waals surface area contributed by atoms with Crippen LogP contribution in [0.3, 0.4) is 0 Å². The van der Waals surface area contributed by atoms with Crippen molar-refractivity contribution in [3.63, 3.8) is 0 Å². The summed E-state index contributed by atoms with van der Waals surface area (Å²) in [7, 11) is 1.74. The van der Waals surface area contributed by atoms with Crippen molar-refractivity contribution >= 4 is 11.6 Å². The normalized spacial score (nSPS) is 19.5. The molecule has 5 heterocycles. The zero-order valence-electron chi connectivity index (χ0n) is 17.0. The third kappa shape index (κ3) is 2.80. The van der Waals surface area contributed by atoms with Crippen molar-refractivity contribution in [3.8, 4) is 29.0 Å². The van der Waals surface area contributed by atoms with E-state index in [-0.39, 0.29) is 23.9 Å². The molecule has 6 rings (SSSR count). The van der Waals surface area contributed by atoms with Gasteiger partial charge < -0.3 is 20.1 Å². The minimum Gasteiger partial charge on any atom is -0.486 e. The first-order valence-electron chi connectivity index (χ1n) is 9.73. The Hall–Kier alpha value is -3.80. The standard InChI is InChI=1S/C21H21N7O2/c1-11-4-5-17-14(6-11)12(2)29-21-19(23)24-8-15(25-21)18-16(7-22)27(3)26-20(18)28-9-13(10-28)30-17/h4-6,8,12-13H,9-10H2,1-3H3,(H2,23,24)/t12-/m1/s1. The molecule has 1 fully saturated rings. The maximum absolute atomic E-state index is 9.71. The van der Waals surface area contributed by atoms with Crippen molar-refractivity contribution in [3.05, 3.63) is 41.2 Å². The summed E-state index contributed by atoms with van der Waals surface area (Å²) >= 11 is 0. The lowest BCUT2D eigenvalue weighted by Crippen LogP contribution is -2.54. The summed E-state index contributed by atoms with van der Waals surface area (Å²) in [6.45, 7) is 5.28. The van der Waals surface area contributed by atoms with Gasteiger partial charge in [-0.25, -0.2) is 9.97 Å². The lowest BCUT2D eigenvalue weighted by atomic mass is 10.1. The molecule has 0 radical (unpaired) electrons. The van der Waals surface area contributed by atoms with Crippen molar-refractivity contribution in [2.24, 2.45) is 7.05 Å². The SMILES string of the molecule is Cc1ccc2c(c1)[C@@H](C)Oc1nc(cnc1N)-c1c(nn(C)c1C#N)N1CC(C1)O2. The van der Waals surface area contributed by atoms with Gasteiger partial charge in [-0.2, -0.15) is 10.4 Å². The maximum Gasteiger partial charge on any atom is 0.258 e. The van der Waals surface area contributed by atoms with Gasteiger partial charge in [-0.15, -0.1) is 0 Å². The molecule has 0 aliphatic carbocycles. The molecule has 3 aliphatic rings. The summed E-state index contributed by atoms with van der Waals surface area (Å²) in [4.78, 5) is 11.0. The zero-order valence-corrected chi connectivity index (χ0v) is 17.0. The molecule has 9 nitrogen and oxygen atoms in total. The van der Waals surface area contributed by atoms with Gasteiger partial charge in [0.1, 0.15) is 29.7 Å². The molecule has 1 aromatic carbocycles. The minimum absolute atomic E-state index is 0.0130. The van der Waals surface area contributed by atoms with Gasteiger partial charge in [0.05, 0.1) is 30.5 Å². The zero-order chi connectivity index (χ0) is 21.0. The van der Waals surface area contributed by atoms with E-state index in [1.54, 1.807) is 17.9 Å². The number of aromatic nitrogens is 4. The van der Waals surface area contributed by atoms with Crippen LogP contribution < -0.4 is 20.1 Å². The van der Waals surface area contributed by atoms with Crippen LogP contribution in [0.4, 0.5) is 11.6 Å². The first-order valence-corrected chi connectivity index (χ1v) is 9.73. The van der Waals surface area contributed by atoms with E-state index >= 15 is 0 Å². The van der Waals surface area contributed by atoms with Crippen LogP contribution in [0.25, 0.3) is 11.3 Å². The number of benzene rings is 1. The molecule has 2 N–H and O–H groups in total. The number of hydrogen-bond acceptors (Lipinski definition) is 8. The van der Waals surface area contributed by atoms with Crippen molar-refractivity contribution in [2.45, 2.75) is 26.1 Å². The fourth-order valence-corrected chi connectivity index (χ4v) is 3.87. The Kier molecular flexibility index (Phi) is 4.03. The number of hydrogen-bond donors (Lipinski definition) is 1. The monoisotopic (exact) mass is 403 g/mol. The highest BCUT2D eigenvalue weighted by atomic mass is 16.5. The van der Waals surface area contributed by atoms with E-state index in [9.17, 15) is 5.26 Å². The highest BCUT2D eigenvalue weighted by Crippen LogP contribution is 2.39. The van der Waals surface area contributed by atoms with Crippen LogP contribution in [-0.4, -0.2) is 38.9 Å². The van der Waals surface area contributed by atoms with Gasteiger partial charge in [0.15, 0.2) is 11.6 Å². The number of nitriles is 1. The van der Waals surface area contributed by atoms with Gasteiger partial charge in [0.2, 0.25) is 0 Å². The number of aryl methyl sites for hydroxylation is 2. The highest BCUT2D eigenvalue weighted by molar-refractivity contribution is 5.79. The molecule has 30 heavy (non-hydrogen) atoms. The Morgan fingerprint density at radius 3 is 2.83 bits per heavy atom. The molecule has 1 atom stereocenters. The Morgan fingerprint density at radius 2 is 2.07 bits per heavy atom. The van der Waals surface area contributed by atoms with Gasteiger partial charge in [-0.1, -0.05) is 11.6 Å². The van der Waals surface area contributed by atoms with Gasteiger partial charge in [-0.05, 0) is 26.0 Å². The van der Waals surface area contributed by atoms with E-state index in [4.69, 9.17) is 15.2 Å². The molecule has 9 heteroatoms. The summed E-state index contributed by atoms with van der Waals surface area (Å²) in [5, 5.41) is 14.3. The van der Waals surface area contributed by atoms with Gasteiger partial charge in [-0.3, -0.25) is 4.68 Å². The second-order valence-electron chi connectivity index (χ2n) is 7.67. The van der Waals surface area contributed by atoms with Crippen LogP contribution in [0, 0.1) is 18.3 Å². The molecule has 0 saturated carbocycles. The lowest BCUT2D eigenvalue weighted by molar-refractivity contribution is 0.155. The lowest BCUT2D eigenvalue weighted by Gasteiger charge is -2.40. The molecular weight excluding hydrogens is 382 g/mol. The van der Waals surface area contributed by atoms with Crippen LogP contribution in [-0.2, 0) is 7.05 Å². The summed E-state index contributed by atoms with van der Waals surface area (Å²) in [6, 6.07) is 8.26. The van der Waals surface area contributed by atoms with Gasteiger partial charge >= 0.3 is 0 Å². The van der Waals surface area contributed by atoms with E-state index in [0.29, 0.717) is 35.9 Å². The number of nitrogen functional groups attached to an aromatic ring is 1. The number of ether oxygens (including phenoxy) is 2. The molecule has 2 aromatic heterocycles. The van der Waals surface area contributed by atoms with E-state index < -0.39 is 0 Å². The quantitative estimate of drug-likeness (QED) is 0.608. The third-order valence-corrected chi connectivity index (χ3v) is 5.49. The topological polar surface area (TPSA) is 115 Å². The van der Waals surface area contributed by atoms with Crippen LogP contribution in [0.15, 0.2) is 24.4 Å². The predicted molar refractivity (Wildman–Crippen MR) is 110 cm³/mol. The van der Waals surface area contributed by atoms with E-state index in [1.807, 2.05) is 32.0 Å². The average Bonchev–Trinajstić information content (AvgIpc) is 3.02. The Morgan fingerprint density at radius 1 is 1.27 bits per heavy atom. The van der Waals surface area contributed by atoms with E-state index in [2.05, 4.69) is 26.0 Å². The summed E-state index contributed by atoms with van der Waals surface area (Å²) in [5.74, 6) is 1.85. The maximum atomic E-state index is 9.71. The smallest absolute Gasteiger partial charge is 0.258 e. The predicted octanol–water partition coefficient (Wildman–Crippen LogP) is 2.36. The molecule has 152 valence electrons. The van der Waals surface area contributed by atoms with Gasteiger partial charge in [0, 0.05) is 12.6 Å². The van der Waals surface area contributed by atoms with Crippen LogP contribution in [0.1, 0.15) is 29.8 Å². The van der Waals surface area contributed by atoms with E-state index in [0.717, 1.165) is 16.9 Å². The molecule has 4 bridgehead atoms. The van der Waals surface area contributed by atoms with Crippen LogP contribution in [0.2, 0.25) is 0 Å². The molecular formula is C21H21N7O2. The van der Waals surface area contributed by atoms with Crippen molar-refractivity contribution in [1.29, 1.82) is 5.26 Å². The first kappa shape index (κ1) is 18.2. The molecule has 0 amide bonds. The molecule has 1 saturated heterocycles.